The van der Waals surface area contributed by atoms with Crippen LogP contribution in [0.4, 0.5) is 0 Å². The van der Waals surface area contributed by atoms with Crippen molar-refractivity contribution in [3.8, 4) is 5.40 Å². The molecule has 102 valence electrons. The van der Waals surface area contributed by atoms with Crippen LogP contribution < -0.4 is 0 Å². The highest BCUT2D eigenvalue weighted by molar-refractivity contribution is 8.21. The van der Waals surface area contributed by atoms with Crippen molar-refractivity contribution in [2.24, 2.45) is 0 Å². The molecule has 0 aromatic rings. The minimum atomic E-state index is -1.86. The zero-order valence-corrected chi connectivity index (χ0v) is 12.6. The first kappa shape index (κ1) is 17.1. The van der Waals surface area contributed by atoms with Gasteiger partial charge in [0.05, 0.1) is 30.7 Å². The van der Waals surface area contributed by atoms with Gasteiger partial charge in [0.15, 0.2) is 0 Å². The molecular formula is C11H23NO3S2. The molecule has 0 aliphatic rings. The van der Waals surface area contributed by atoms with Crippen molar-refractivity contribution in [1.29, 1.82) is 5.26 Å². The lowest BCUT2D eigenvalue weighted by Crippen LogP contribution is -2.17. The second-order valence-corrected chi connectivity index (χ2v) is 6.30. The van der Waals surface area contributed by atoms with Crippen molar-refractivity contribution < 1.29 is 12.5 Å². The average molecular weight is 281 g/mol. The second-order valence-electron chi connectivity index (χ2n) is 3.19. The Hall–Kier alpha value is 0.0700. The summed E-state index contributed by atoms with van der Waals surface area (Å²) in [6, 6.07) is 0. The summed E-state index contributed by atoms with van der Waals surface area (Å²) in [4.78, 5) is 0. The van der Waals surface area contributed by atoms with Gasteiger partial charge < -0.3 is 0 Å². The van der Waals surface area contributed by atoms with Crippen LogP contribution in [0.3, 0.4) is 0 Å². The fourth-order valence-corrected chi connectivity index (χ4v) is 3.96. The molecule has 0 N–H and O–H groups in total. The van der Waals surface area contributed by atoms with E-state index < -0.39 is 10.9 Å². The summed E-state index contributed by atoms with van der Waals surface area (Å²) < 4.78 is 17.2. The summed E-state index contributed by atoms with van der Waals surface area (Å²) in [5, 5.41) is 10.5. The van der Waals surface area contributed by atoms with Gasteiger partial charge in [-0.1, -0.05) is 6.92 Å². The third-order valence-corrected chi connectivity index (χ3v) is 4.89. The Kier molecular flexibility index (Phi) is 11.2. The Labute approximate surface area is 111 Å². The van der Waals surface area contributed by atoms with Crippen LogP contribution in [0.1, 0.15) is 33.6 Å². The summed E-state index contributed by atoms with van der Waals surface area (Å²) in [7, 11) is -1.86. The van der Waals surface area contributed by atoms with E-state index in [2.05, 4.69) is 12.3 Å². The second kappa shape index (κ2) is 11.2. The topological polar surface area (TPSA) is 51.5 Å². The van der Waals surface area contributed by atoms with Crippen LogP contribution in [0.5, 0.6) is 0 Å². The molecule has 0 spiro atoms. The van der Waals surface area contributed by atoms with Gasteiger partial charge in [-0.25, -0.2) is 0 Å². The lowest BCUT2D eigenvalue weighted by atomic mass is 10.5. The Morgan fingerprint density at radius 2 is 1.76 bits per heavy atom. The van der Waals surface area contributed by atoms with Crippen LogP contribution in [0.2, 0.25) is 0 Å². The van der Waals surface area contributed by atoms with Crippen molar-refractivity contribution in [1.82, 2.24) is 0 Å². The molecule has 0 heterocycles. The fourth-order valence-electron chi connectivity index (χ4n) is 1.20. The molecule has 4 nitrogen and oxygen atoms in total. The average Bonchev–Trinajstić information content (AvgIpc) is 2.33. The smallest absolute Gasteiger partial charge is 0.133 e. The van der Waals surface area contributed by atoms with Gasteiger partial charge in [0.2, 0.25) is 0 Å². The molecule has 0 amide bonds. The van der Waals surface area contributed by atoms with Crippen molar-refractivity contribution in [2.45, 2.75) is 33.6 Å². The SMILES string of the molecule is CCCOS(CCCSC#N)(OCC)OCC. The zero-order valence-electron chi connectivity index (χ0n) is 10.9. The van der Waals surface area contributed by atoms with Gasteiger partial charge in [0.25, 0.3) is 0 Å². The summed E-state index contributed by atoms with van der Waals surface area (Å²) in [5.74, 6) is 1.53. The van der Waals surface area contributed by atoms with Crippen LogP contribution in [0.15, 0.2) is 0 Å². The van der Waals surface area contributed by atoms with Crippen molar-refractivity contribution in [3.63, 3.8) is 0 Å². The van der Waals surface area contributed by atoms with E-state index in [1.807, 2.05) is 13.8 Å². The number of thioether (sulfide) groups is 1. The minimum Gasteiger partial charge on any atom is -0.293 e. The molecule has 0 aromatic carbocycles. The predicted molar refractivity (Wildman–Crippen MR) is 74.6 cm³/mol. The highest BCUT2D eigenvalue weighted by Crippen LogP contribution is 2.52. The van der Waals surface area contributed by atoms with E-state index in [1.165, 1.54) is 11.8 Å². The zero-order chi connectivity index (χ0) is 13.0. The number of hydrogen-bond acceptors (Lipinski definition) is 5. The summed E-state index contributed by atoms with van der Waals surface area (Å²) in [6.07, 6.45) is 1.82. The summed E-state index contributed by atoms with van der Waals surface area (Å²) in [5.41, 5.74) is 0. The van der Waals surface area contributed by atoms with Crippen LogP contribution in [0.25, 0.3) is 0 Å². The van der Waals surface area contributed by atoms with Crippen LogP contribution in [-0.4, -0.2) is 31.3 Å². The maximum absolute atomic E-state index is 8.47. The third kappa shape index (κ3) is 7.90. The molecule has 6 heteroatoms. The highest BCUT2D eigenvalue weighted by atomic mass is 32.3. The molecule has 0 aliphatic carbocycles. The predicted octanol–water partition coefficient (Wildman–Crippen LogP) is 3.64. The van der Waals surface area contributed by atoms with E-state index in [0.717, 1.165) is 24.3 Å². The maximum atomic E-state index is 8.47. The lowest BCUT2D eigenvalue weighted by Gasteiger charge is -2.37. The van der Waals surface area contributed by atoms with Gasteiger partial charge in [-0.15, -0.1) is 0 Å². The van der Waals surface area contributed by atoms with Crippen LogP contribution >= 0.6 is 22.6 Å². The summed E-state index contributed by atoms with van der Waals surface area (Å²) >= 11 is 1.26. The van der Waals surface area contributed by atoms with E-state index in [1.54, 1.807) is 0 Å². The quantitative estimate of drug-likeness (QED) is 0.427. The fraction of sp³-hybridized carbons (Fsp3) is 0.909. The number of nitrogens with zero attached hydrogens (tertiary/aromatic N) is 1. The van der Waals surface area contributed by atoms with E-state index in [-0.39, 0.29) is 0 Å². The van der Waals surface area contributed by atoms with Gasteiger partial charge >= 0.3 is 0 Å². The molecule has 0 fully saturated rings. The Morgan fingerprint density at radius 3 is 2.24 bits per heavy atom. The summed E-state index contributed by atoms with van der Waals surface area (Å²) in [6.45, 7) is 7.78. The molecule has 0 saturated carbocycles. The van der Waals surface area contributed by atoms with Gasteiger partial charge in [-0.05, 0) is 38.5 Å². The molecule has 0 aromatic heterocycles. The van der Waals surface area contributed by atoms with Crippen molar-refractivity contribution in [2.75, 3.05) is 31.3 Å². The number of nitriles is 1. The number of rotatable bonds is 11. The lowest BCUT2D eigenvalue weighted by molar-refractivity contribution is 0.179. The Balaban J connectivity index is 4.26. The first-order valence-electron chi connectivity index (χ1n) is 5.99. The number of hydrogen-bond donors (Lipinski definition) is 0. The van der Waals surface area contributed by atoms with Gasteiger partial charge in [-0.3, -0.25) is 12.5 Å². The standard InChI is InChI=1S/C11H23NO3S2/c1-4-8-15-17(13-5-2,14-6-3)10-7-9-16-11-12/h4-10H2,1-3H3. The Morgan fingerprint density at radius 1 is 1.12 bits per heavy atom. The molecule has 0 atom stereocenters. The van der Waals surface area contributed by atoms with Gasteiger partial charge in [0, 0.05) is 11.5 Å². The molecule has 0 aliphatic heterocycles. The van der Waals surface area contributed by atoms with E-state index in [9.17, 15) is 0 Å². The normalized spacial score (nSPS) is 12.4. The van der Waals surface area contributed by atoms with Crippen molar-refractivity contribution >= 4 is 22.6 Å². The molecule has 0 saturated heterocycles. The molecule has 0 rings (SSSR count). The molecule has 0 bridgehead atoms. The van der Waals surface area contributed by atoms with E-state index in [0.29, 0.717) is 19.8 Å². The highest BCUT2D eigenvalue weighted by Gasteiger charge is 2.25. The maximum Gasteiger partial charge on any atom is 0.133 e. The monoisotopic (exact) mass is 281 g/mol. The first-order valence-corrected chi connectivity index (χ1v) is 8.56. The molecule has 0 unspecified atom stereocenters. The van der Waals surface area contributed by atoms with Crippen LogP contribution in [0, 0.1) is 10.7 Å². The third-order valence-electron chi connectivity index (χ3n) is 1.77. The molecule has 0 radical (unpaired) electrons. The molecule has 17 heavy (non-hydrogen) atoms. The Bertz CT molecular complexity index is 215. The van der Waals surface area contributed by atoms with Gasteiger partial charge in [-0.2, -0.15) is 5.26 Å². The molecular weight excluding hydrogens is 258 g/mol. The minimum absolute atomic E-state index is 0.588. The van der Waals surface area contributed by atoms with Gasteiger partial charge in [0.1, 0.15) is 5.40 Å². The van der Waals surface area contributed by atoms with E-state index in [4.69, 9.17) is 17.8 Å². The van der Waals surface area contributed by atoms with Crippen LogP contribution in [-0.2, 0) is 12.5 Å². The number of thiocyanates is 1. The largest absolute Gasteiger partial charge is 0.293 e. The van der Waals surface area contributed by atoms with Crippen molar-refractivity contribution in [3.05, 3.63) is 0 Å². The van der Waals surface area contributed by atoms with E-state index >= 15 is 0 Å². The first-order chi connectivity index (χ1) is 8.24.